The zero-order chi connectivity index (χ0) is 20.1. The van der Waals surface area contributed by atoms with Gasteiger partial charge in [0, 0.05) is 5.69 Å². The molecule has 2 amide bonds. The number of carbonyl (C=O) groups excluding carboxylic acids is 3. The summed E-state index contributed by atoms with van der Waals surface area (Å²) in [6.07, 6.45) is 0.478. The van der Waals surface area contributed by atoms with Crippen molar-refractivity contribution in [2.75, 3.05) is 13.2 Å². The minimum absolute atomic E-state index is 0.0397. The molecule has 0 fully saturated rings. The SMILES string of the molecule is CCOC(=O)C1=C(COC(=O)c2c(C)cc(C)nc2Cl)NC(=O)N[C@@H]1CC. The first-order chi connectivity index (χ1) is 12.8. The Balaban J connectivity index is 2.28. The predicted octanol–water partition coefficient (Wildman–Crippen LogP) is 2.42. The zero-order valence-corrected chi connectivity index (χ0v) is 16.4. The van der Waals surface area contributed by atoms with Crippen LogP contribution in [0.1, 0.15) is 41.9 Å². The summed E-state index contributed by atoms with van der Waals surface area (Å²) in [4.78, 5) is 40.7. The van der Waals surface area contributed by atoms with Gasteiger partial charge in [-0.05, 0) is 38.8 Å². The van der Waals surface area contributed by atoms with Gasteiger partial charge in [0.15, 0.2) is 0 Å². The molecule has 0 aliphatic carbocycles. The summed E-state index contributed by atoms with van der Waals surface area (Å²) >= 11 is 6.06. The van der Waals surface area contributed by atoms with E-state index in [0.717, 1.165) is 0 Å². The number of hydrogen-bond donors (Lipinski definition) is 2. The maximum atomic E-state index is 12.5. The van der Waals surface area contributed by atoms with E-state index in [2.05, 4.69) is 15.6 Å². The van der Waals surface area contributed by atoms with Crippen LogP contribution in [0, 0.1) is 13.8 Å². The van der Waals surface area contributed by atoms with Gasteiger partial charge in [0.1, 0.15) is 11.8 Å². The fourth-order valence-electron chi connectivity index (χ4n) is 2.82. The molecule has 8 nitrogen and oxygen atoms in total. The van der Waals surface area contributed by atoms with E-state index in [1.807, 2.05) is 6.92 Å². The van der Waals surface area contributed by atoms with E-state index in [1.165, 1.54) is 0 Å². The van der Waals surface area contributed by atoms with Gasteiger partial charge in [-0.25, -0.2) is 19.4 Å². The molecule has 2 heterocycles. The topological polar surface area (TPSA) is 107 Å². The molecule has 1 atom stereocenters. The number of aryl methyl sites for hydroxylation is 2. The normalized spacial score (nSPS) is 16.5. The molecule has 2 rings (SSSR count). The number of urea groups is 1. The summed E-state index contributed by atoms with van der Waals surface area (Å²) in [6.45, 7) is 6.87. The van der Waals surface area contributed by atoms with Crippen molar-refractivity contribution < 1.29 is 23.9 Å². The number of ether oxygens (including phenoxy) is 2. The van der Waals surface area contributed by atoms with E-state index in [1.54, 1.807) is 26.8 Å². The van der Waals surface area contributed by atoms with Crippen LogP contribution < -0.4 is 10.6 Å². The Morgan fingerprint density at radius 3 is 2.52 bits per heavy atom. The number of nitrogens with one attached hydrogen (secondary N) is 2. The Morgan fingerprint density at radius 1 is 1.22 bits per heavy atom. The third kappa shape index (κ3) is 4.77. The second-order valence-corrected chi connectivity index (χ2v) is 6.35. The van der Waals surface area contributed by atoms with Crippen LogP contribution in [0.5, 0.6) is 0 Å². The summed E-state index contributed by atoms with van der Waals surface area (Å²) in [5, 5.41) is 5.21. The number of esters is 2. The van der Waals surface area contributed by atoms with Gasteiger partial charge in [-0.2, -0.15) is 0 Å². The summed E-state index contributed by atoms with van der Waals surface area (Å²) in [6, 6.07) is 0.704. The van der Waals surface area contributed by atoms with Crippen LogP contribution in [-0.2, 0) is 14.3 Å². The molecule has 0 saturated heterocycles. The molecule has 2 N–H and O–H groups in total. The Kier molecular flexibility index (Phi) is 6.79. The lowest BCUT2D eigenvalue weighted by molar-refractivity contribution is -0.139. The molecule has 9 heteroatoms. The van der Waals surface area contributed by atoms with E-state index in [-0.39, 0.29) is 35.2 Å². The van der Waals surface area contributed by atoms with E-state index in [9.17, 15) is 14.4 Å². The predicted molar refractivity (Wildman–Crippen MR) is 98.4 cm³/mol. The van der Waals surface area contributed by atoms with Crippen molar-refractivity contribution >= 4 is 29.6 Å². The van der Waals surface area contributed by atoms with Gasteiger partial charge in [0.05, 0.1) is 29.5 Å². The highest BCUT2D eigenvalue weighted by molar-refractivity contribution is 6.32. The molecule has 0 radical (unpaired) electrons. The fraction of sp³-hybridized carbons (Fsp3) is 0.444. The number of halogens is 1. The Hall–Kier alpha value is -2.61. The Morgan fingerprint density at radius 2 is 1.93 bits per heavy atom. The first-order valence-corrected chi connectivity index (χ1v) is 8.94. The molecule has 0 unspecified atom stereocenters. The molecule has 1 aliphatic heterocycles. The number of hydrogen-bond acceptors (Lipinski definition) is 6. The number of carbonyl (C=O) groups is 3. The van der Waals surface area contributed by atoms with Crippen molar-refractivity contribution in [1.29, 1.82) is 0 Å². The van der Waals surface area contributed by atoms with Crippen LogP contribution in [-0.4, -0.2) is 42.2 Å². The molecule has 0 saturated carbocycles. The quantitative estimate of drug-likeness (QED) is 0.566. The number of pyridine rings is 1. The first kappa shape index (κ1) is 20.7. The van der Waals surface area contributed by atoms with Gasteiger partial charge in [-0.15, -0.1) is 0 Å². The number of nitrogens with zero attached hydrogens (tertiary/aromatic N) is 1. The maximum Gasteiger partial charge on any atom is 0.341 e. The van der Waals surface area contributed by atoms with Crippen LogP contribution in [0.2, 0.25) is 5.15 Å². The van der Waals surface area contributed by atoms with E-state index in [0.29, 0.717) is 17.7 Å². The van der Waals surface area contributed by atoms with Gasteiger partial charge >= 0.3 is 18.0 Å². The van der Waals surface area contributed by atoms with E-state index < -0.39 is 24.0 Å². The Bertz CT molecular complexity index is 783. The zero-order valence-electron chi connectivity index (χ0n) is 15.6. The molecule has 146 valence electrons. The van der Waals surface area contributed by atoms with Crippen molar-refractivity contribution in [3.8, 4) is 0 Å². The molecule has 0 spiro atoms. The largest absolute Gasteiger partial charge is 0.463 e. The number of aromatic nitrogens is 1. The van der Waals surface area contributed by atoms with Crippen molar-refractivity contribution in [2.24, 2.45) is 0 Å². The van der Waals surface area contributed by atoms with Crippen LogP contribution in [0.25, 0.3) is 0 Å². The molecule has 1 aliphatic rings. The third-order valence-corrected chi connectivity index (χ3v) is 4.27. The second-order valence-electron chi connectivity index (χ2n) is 5.99. The minimum Gasteiger partial charge on any atom is -0.463 e. The number of amides is 2. The summed E-state index contributed by atoms with van der Waals surface area (Å²) in [7, 11) is 0. The second kappa shape index (κ2) is 8.85. The van der Waals surface area contributed by atoms with Crippen molar-refractivity contribution in [2.45, 2.75) is 40.2 Å². The van der Waals surface area contributed by atoms with Crippen molar-refractivity contribution in [1.82, 2.24) is 15.6 Å². The lowest BCUT2D eigenvalue weighted by Gasteiger charge is -2.28. The van der Waals surface area contributed by atoms with Gasteiger partial charge in [-0.3, -0.25) is 0 Å². The highest BCUT2D eigenvalue weighted by atomic mass is 35.5. The maximum absolute atomic E-state index is 12.5. The minimum atomic E-state index is -0.693. The van der Waals surface area contributed by atoms with Gasteiger partial charge in [-0.1, -0.05) is 18.5 Å². The third-order valence-electron chi connectivity index (χ3n) is 4.00. The Labute approximate surface area is 162 Å². The summed E-state index contributed by atoms with van der Waals surface area (Å²) < 4.78 is 10.4. The van der Waals surface area contributed by atoms with E-state index in [4.69, 9.17) is 21.1 Å². The molecular formula is C18H22ClN3O5. The number of rotatable bonds is 6. The molecule has 0 aromatic carbocycles. The van der Waals surface area contributed by atoms with Crippen molar-refractivity contribution in [3.05, 3.63) is 39.3 Å². The highest BCUT2D eigenvalue weighted by Crippen LogP contribution is 2.21. The average molecular weight is 396 g/mol. The molecule has 1 aromatic rings. The van der Waals surface area contributed by atoms with Gasteiger partial charge < -0.3 is 20.1 Å². The lowest BCUT2D eigenvalue weighted by atomic mass is 10.0. The monoisotopic (exact) mass is 395 g/mol. The standard InChI is InChI=1S/C18H22ClN3O5/c1-5-11-14(17(24)26-6-2)12(22-18(25)21-11)8-27-16(23)13-9(3)7-10(4)20-15(13)19/h7,11H,5-6,8H2,1-4H3,(H2,21,22,25)/t11-/m1/s1. The van der Waals surface area contributed by atoms with Crippen molar-refractivity contribution in [3.63, 3.8) is 0 Å². The molecule has 0 bridgehead atoms. The van der Waals surface area contributed by atoms with E-state index >= 15 is 0 Å². The lowest BCUT2D eigenvalue weighted by Crippen LogP contribution is -2.51. The van der Waals surface area contributed by atoms with Crippen LogP contribution >= 0.6 is 11.6 Å². The van der Waals surface area contributed by atoms with Crippen LogP contribution in [0.4, 0.5) is 4.79 Å². The van der Waals surface area contributed by atoms with Gasteiger partial charge in [0.25, 0.3) is 0 Å². The van der Waals surface area contributed by atoms with Gasteiger partial charge in [0.2, 0.25) is 0 Å². The summed E-state index contributed by atoms with van der Waals surface area (Å²) in [5.74, 6) is -1.27. The average Bonchev–Trinajstić information content (AvgIpc) is 2.58. The smallest absolute Gasteiger partial charge is 0.341 e. The molecule has 27 heavy (non-hydrogen) atoms. The molecular weight excluding hydrogens is 374 g/mol. The highest BCUT2D eigenvalue weighted by Gasteiger charge is 2.32. The van der Waals surface area contributed by atoms with Crippen LogP contribution in [0.15, 0.2) is 17.3 Å². The fourth-order valence-corrected chi connectivity index (χ4v) is 3.18. The summed E-state index contributed by atoms with van der Waals surface area (Å²) in [5.41, 5.74) is 1.87. The van der Waals surface area contributed by atoms with Crippen LogP contribution in [0.3, 0.4) is 0 Å². The first-order valence-electron chi connectivity index (χ1n) is 8.56. The molecule has 1 aromatic heterocycles.